The molecule has 134 valence electrons. The number of nitrogens with one attached hydrogen (secondary N) is 1. The van der Waals surface area contributed by atoms with E-state index in [1.54, 1.807) is 0 Å². The lowest BCUT2D eigenvalue weighted by Gasteiger charge is -2.11. The minimum absolute atomic E-state index is 0.0887. The number of carbonyl (C=O) groups excluding carboxylic acids is 1. The van der Waals surface area contributed by atoms with Crippen LogP contribution in [0.1, 0.15) is 32.3 Å². The van der Waals surface area contributed by atoms with Crippen LogP contribution in [0.2, 0.25) is 0 Å². The van der Waals surface area contributed by atoms with Crippen molar-refractivity contribution in [3.8, 4) is 16.9 Å². The van der Waals surface area contributed by atoms with Crippen LogP contribution >= 0.6 is 0 Å². The number of hydrogen-bond acceptors (Lipinski definition) is 2. The van der Waals surface area contributed by atoms with E-state index in [0.29, 0.717) is 12.8 Å². The SMILES string of the molecule is CC[C@H](C)NC(=O)CCc1cn(-c2ccccc2)nc1-c1ccccc1. The molecule has 2 aromatic carbocycles. The summed E-state index contributed by atoms with van der Waals surface area (Å²) >= 11 is 0. The van der Waals surface area contributed by atoms with Crippen molar-refractivity contribution in [1.82, 2.24) is 15.1 Å². The predicted molar refractivity (Wildman–Crippen MR) is 105 cm³/mol. The molecular weight excluding hydrogens is 322 g/mol. The zero-order valence-electron chi connectivity index (χ0n) is 15.4. The van der Waals surface area contributed by atoms with Gasteiger partial charge in [0.25, 0.3) is 0 Å². The van der Waals surface area contributed by atoms with Gasteiger partial charge in [-0.25, -0.2) is 4.68 Å². The van der Waals surface area contributed by atoms with Gasteiger partial charge in [0, 0.05) is 24.2 Å². The zero-order chi connectivity index (χ0) is 18.4. The molecule has 0 fully saturated rings. The predicted octanol–water partition coefficient (Wildman–Crippen LogP) is 4.39. The average molecular weight is 347 g/mol. The van der Waals surface area contributed by atoms with E-state index in [1.807, 2.05) is 66.3 Å². The summed E-state index contributed by atoms with van der Waals surface area (Å²) in [4.78, 5) is 12.2. The average Bonchev–Trinajstić information content (AvgIpc) is 3.12. The van der Waals surface area contributed by atoms with Gasteiger partial charge in [-0.2, -0.15) is 5.10 Å². The quantitative estimate of drug-likeness (QED) is 0.689. The number of hydrogen-bond donors (Lipinski definition) is 1. The van der Waals surface area contributed by atoms with E-state index >= 15 is 0 Å². The molecule has 0 aliphatic carbocycles. The number of benzene rings is 2. The normalized spacial score (nSPS) is 11.9. The van der Waals surface area contributed by atoms with Crippen LogP contribution in [0.25, 0.3) is 16.9 Å². The maximum absolute atomic E-state index is 12.2. The molecule has 0 aliphatic heterocycles. The van der Waals surface area contributed by atoms with Gasteiger partial charge in [0.05, 0.1) is 11.4 Å². The fourth-order valence-electron chi connectivity index (χ4n) is 2.84. The highest BCUT2D eigenvalue weighted by Gasteiger charge is 2.14. The second-order valence-electron chi connectivity index (χ2n) is 6.53. The highest BCUT2D eigenvalue weighted by atomic mass is 16.1. The second-order valence-corrected chi connectivity index (χ2v) is 6.53. The summed E-state index contributed by atoms with van der Waals surface area (Å²) in [5.74, 6) is 0.0887. The molecule has 0 aliphatic rings. The summed E-state index contributed by atoms with van der Waals surface area (Å²) in [6, 6.07) is 20.4. The summed E-state index contributed by atoms with van der Waals surface area (Å²) in [7, 11) is 0. The van der Waals surface area contributed by atoms with Crippen molar-refractivity contribution >= 4 is 5.91 Å². The lowest BCUT2D eigenvalue weighted by molar-refractivity contribution is -0.121. The Kier molecular flexibility index (Phi) is 5.84. The van der Waals surface area contributed by atoms with Gasteiger partial charge >= 0.3 is 0 Å². The van der Waals surface area contributed by atoms with Crippen LogP contribution in [-0.2, 0) is 11.2 Å². The molecule has 4 nitrogen and oxygen atoms in total. The maximum atomic E-state index is 12.2. The first-order valence-corrected chi connectivity index (χ1v) is 9.16. The first kappa shape index (κ1) is 17.9. The molecule has 26 heavy (non-hydrogen) atoms. The van der Waals surface area contributed by atoms with Crippen molar-refractivity contribution in [3.05, 3.63) is 72.4 Å². The Balaban J connectivity index is 1.85. The van der Waals surface area contributed by atoms with Crippen molar-refractivity contribution in [3.63, 3.8) is 0 Å². The summed E-state index contributed by atoms with van der Waals surface area (Å²) in [5, 5.41) is 7.82. The molecule has 4 heteroatoms. The highest BCUT2D eigenvalue weighted by Crippen LogP contribution is 2.24. The molecule has 0 bridgehead atoms. The zero-order valence-corrected chi connectivity index (χ0v) is 15.4. The fraction of sp³-hybridized carbons (Fsp3) is 0.273. The third-order valence-electron chi connectivity index (χ3n) is 4.50. The largest absolute Gasteiger partial charge is 0.354 e. The molecular formula is C22H25N3O. The summed E-state index contributed by atoms with van der Waals surface area (Å²) in [6.45, 7) is 4.10. The van der Waals surface area contributed by atoms with E-state index < -0.39 is 0 Å². The Hall–Kier alpha value is -2.88. The van der Waals surface area contributed by atoms with Gasteiger partial charge in [-0.3, -0.25) is 4.79 Å². The molecule has 0 spiro atoms. The smallest absolute Gasteiger partial charge is 0.220 e. The van der Waals surface area contributed by atoms with Gasteiger partial charge in [-0.15, -0.1) is 0 Å². The van der Waals surface area contributed by atoms with Gasteiger partial charge in [-0.05, 0) is 37.5 Å². The van der Waals surface area contributed by atoms with Crippen molar-refractivity contribution in [2.45, 2.75) is 39.2 Å². The Morgan fingerprint density at radius 1 is 1.08 bits per heavy atom. The second kappa shape index (κ2) is 8.48. The van der Waals surface area contributed by atoms with Crippen LogP contribution in [-0.4, -0.2) is 21.7 Å². The maximum Gasteiger partial charge on any atom is 0.220 e. The van der Waals surface area contributed by atoms with Gasteiger partial charge in [0.15, 0.2) is 0 Å². The van der Waals surface area contributed by atoms with Crippen LogP contribution < -0.4 is 5.32 Å². The number of aryl methyl sites for hydroxylation is 1. The van der Waals surface area contributed by atoms with Gasteiger partial charge < -0.3 is 5.32 Å². The molecule has 1 atom stereocenters. The molecule has 3 rings (SSSR count). The van der Waals surface area contributed by atoms with E-state index in [9.17, 15) is 4.79 Å². The van der Waals surface area contributed by atoms with Crippen molar-refractivity contribution in [1.29, 1.82) is 0 Å². The van der Waals surface area contributed by atoms with Crippen LogP contribution in [0.15, 0.2) is 66.9 Å². The number of nitrogens with zero attached hydrogens (tertiary/aromatic N) is 2. The van der Waals surface area contributed by atoms with Crippen molar-refractivity contribution < 1.29 is 4.79 Å². The molecule has 0 saturated heterocycles. The van der Waals surface area contributed by atoms with E-state index in [-0.39, 0.29) is 11.9 Å². The molecule has 3 aromatic rings. The number of rotatable bonds is 7. The number of aromatic nitrogens is 2. The summed E-state index contributed by atoms with van der Waals surface area (Å²) in [6.07, 6.45) is 4.10. The lowest BCUT2D eigenvalue weighted by atomic mass is 10.0. The minimum atomic E-state index is 0.0887. The number of carbonyl (C=O) groups is 1. The molecule has 1 aromatic heterocycles. The van der Waals surface area contributed by atoms with E-state index in [1.165, 1.54) is 0 Å². The minimum Gasteiger partial charge on any atom is -0.354 e. The van der Waals surface area contributed by atoms with Crippen LogP contribution in [0.5, 0.6) is 0 Å². The molecule has 0 radical (unpaired) electrons. The lowest BCUT2D eigenvalue weighted by Crippen LogP contribution is -2.32. The fourth-order valence-corrected chi connectivity index (χ4v) is 2.84. The standard InChI is InChI=1S/C22H25N3O/c1-3-17(2)23-21(26)15-14-19-16-25(20-12-8-5-9-13-20)24-22(19)18-10-6-4-7-11-18/h4-13,16-17H,3,14-15H2,1-2H3,(H,23,26)/t17-/m0/s1. The number of para-hydroxylation sites is 1. The third-order valence-corrected chi connectivity index (χ3v) is 4.50. The van der Waals surface area contributed by atoms with Crippen LogP contribution in [0.3, 0.4) is 0 Å². The number of amides is 1. The van der Waals surface area contributed by atoms with Gasteiger partial charge in [0.1, 0.15) is 0 Å². The van der Waals surface area contributed by atoms with Gasteiger partial charge in [-0.1, -0.05) is 55.5 Å². The molecule has 0 unspecified atom stereocenters. The van der Waals surface area contributed by atoms with Crippen LogP contribution in [0.4, 0.5) is 0 Å². The Labute approximate surface area is 154 Å². The van der Waals surface area contributed by atoms with E-state index in [2.05, 4.69) is 24.4 Å². The monoisotopic (exact) mass is 347 g/mol. The molecule has 0 saturated carbocycles. The summed E-state index contributed by atoms with van der Waals surface area (Å²) in [5.41, 5.74) is 4.10. The Morgan fingerprint density at radius 3 is 2.38 bits per heavy atom. The molecule has 1 N–H and O–H groups in total. The third kappa shape index (κ3) is 4.39. The van der Waals surface area contributed by atoms with Gasteiger partial charge in [0.2, 0.25) is 5.91 Å². The van der Waals surface area contributed by atoms with Crippen LogP contribution in [0, 0.1) is 0 Å². The van der Waals surface area contributed by atoms with Crippen molar-refractivity contribution in [2.75, 3.05) is 0 Å². The van der Waals surface area contributed by atoms with Crippen molar-refractivity contribution in [2.24, 2.45) is 0 Å². The van der Waals surface area contributed by atoms with E-state index in [4.69, 9.17) is 5.10 Å². The molecule has 1 amide bonds. The molecule has 1 heterocycles. The first-order chi connectivity index (χ1) is 12.7. The first-order valence-electron chi connectivity index (χ1n) is 9.16. The summed E-state index contributed by atoms with van der Waals surface area (Å²) < 4.78 is 1.89. The topological polar surface area (TPSA) is 46.9 Å². The Morgan fingerprint density at radius 2 is 1.73 bits per heavy atom. The highest BCUT2D eigenvalue weighted by molar-refractivity contribution is 5.77. The van der Waals surface area contributed by atoms with E-state index in [0.717, 1.165) is 28.9 Å². The Bertz CT molecular complexity index is 840.